The highest BCUT2D eigenvalue weighted by Crippen LogP contribution is 2.20. The van der Waals surface area contributed by atoms with Gasteiger partial charge in [-0.1, -0.05) is 18.2 Å². The highest BCUT2D eigenvalue weighted by Gasteiger charge is 2.12. The smallest absolute Gasteiger partial charge is 0.309 e. The molecule has 0 unspecified atom stereocenters. The molecule has 22 heavy (non-hydrogen) atoms. The Kier molecular flexibility index (Phi) is 6.01. The minimum absolute atomic E-state index is 0.296. The van der Waals surface area contributed by atoms with Crippen molar-refractivity contribution >= 4 is 17.5 Å². The number of nitrogens with zero attached hydrogens (tertiary/aromatic N) is 1. The Balaban J connectivity index is 1.73. The molecule has 2 N–H and O–H groups in total. The van der Waals surface area contributed by atoms with Gasteiger partial charge in [0.2, 0.25) is 0 Å². The second-order valence-electron chi connectivity index (χ2n) is 5.37. The van der Waals surface area contributed by atoms with Crippen molar-refractivity contribution in [3.8, 4) is 0 Å². The summed E-state index contributed by atoms with van der Waals surface area (Å²) < 4.78 is 0. The molecule has 1 aromatic carbocycles. The maximum Gasteiger partial charge on any atom is 0.309 e. The number of carbonyl (C=O) groups excluding carboxylic acids is 2. The van der Waals surface area contributed by atoms with Crippen LogP contribution in [0.2, 0.25) is 0 Å². The number of carbonyl (C=O) groups is 2. The highest BCUT2D eigenvalue weighted by molar-refractivity contribution is 6.35. The molecule has 5 nitrogen and oxygen atoms in total. The topological polar surface area (TPSA) is 61.4 Å². The van der Waals surface area contributed by atoms with Gasteiger partial charge in [0, 0.05) is 31.9 Å². The van der Waals surface area contributed by atoms with E-state index in [-0.39, 0.29) is 0 Å². The van der Waals surface area contributed by atoms with Crippen LogP contribution in [0.15, 0.2) is 36.9 Å². The van der Waals surface area contributed by atoms with Crippen molar-refractivity contribution < 1.29 is 9.59 Å². The predicted octanol–water partition coefficient (Wildman–Crippen LogP) is 1.25. The lowest BCUT2D eigenvalue weighted by molar-refractivity contribution is -0.139. The van der Waals surface area contributed by atoms with Crippen LogP contribution in [0.3, 0.4) is 0 Å². The molecule has 0 aromatic heterocycles. The molecule has 1 saturated heterocycles. The fraction of sp³-hybridized carbons (Fsp3) is 0.412. The van der Waals surface area contributed by atoms with E-state index in [0.717, 1.165) is 18.7 Å². The Hall–Kier alpha value is -2.30. The van der Waals surface area contributed by atoms with Crippen LogP contribution in [0.5, 0.6) is 0 Å². The SMILES string of the molecule is C=CCNC(=O)C(=O)NCCc1ccc(N2CCCC2)cc1. The largest absolute Gasteiger partial charge is 0.372 e. The van der Waals surface area contributed by atoms with Crippen LogP contribution in [-0.4, -0.2) is 38.0 Å². The van der Waals surface area contributed by atoms with Crippen molar-refractivity contribution in [1.82, 2.24) is 10.6 Å². The quantitative estimate of drug-likeness (QED) is 0.614. The lowest BCUT2D eigenvalue weighted by Crippen LogP contribution is -2.40. The number of nitrogens with one attached hydrogen (secondary N) is 2. The van der Waals surface area contributed by atoms with Crippen LogP contribution in [0, 0.1) is 0 Å². The van der Waals surface area contributed by atoms with Crippen molar-refractivity contribution in [3.63, 3.8) is 0 Å². The zero-order valence-electron chi connectivity index (χ0n) is 12.8. The van der Waals surface area contributed by atoms with Gasteiger partial charge in [0.05, 0.1) is 0 Å². The molecule has 118 valence electrons. The molecule has 2 amide bonds. The molecule has 2 rings (SSSR count). The summed E-state index contributed by atoms with van der Waals surface area (Å²) in [7, 11) is 0. The molecule has 0 bridgehead atoms. The summed E-state index contributed by atoms with van der Waals surface area (Å²) in [4.78, 5) is 25.2. The summed E-state index contributed by atoms with van der Waals surface area (Å²) in [5.74, 6) is -1.22. The molecule has 0 radical (unpaired) electrons. The van der Waals surface area contributed by atoms with Crippen LogP contribution in [-0.2, 0) is 16.0 Å². The minimum atomic E-state index is -0.621. The van der Waals surface area contributed by atoms with E-state index >= 15 is 0 Å². The first kappa shape index (κ1) is 16.1. The summed E-state index contributed by atoms with van der Waals surface area (Å²) in [5.41, 5.74) is 2.41. The Morgan fingerprint density at radius 1 is 1.09 bits per heavy atom. The van der Waals surface area contributed by atoms with E-state index in [4.69, 9.17) is 0 Å². The molecule has 5 heteroatoms. The molecule has 0 atom stereocenters. The van der Waals surface area contributed by atoms with Gasteiger partial charge >= 0.3 is 11.8 Å². The maximum absolute atomic E-state index is 11.5. The Labute approximate surface area is 131 Å². The zero-order valence-corrected chi connectivity index (χ0v) is 12.8. The number of benzene rings is 1. The van der Waals surface area contributed by atoms with Crippen LogP contribution >= 0.6 is 0 Å². The number of amides is 2. The third-order valence-electron chi connectivity index (χ3n) is 3.72. The van der Waals surface area contributed by atoms with E-state index in [1.54, 1.807) is 0 Å². The third kappa shape index (κ3) is 4.62. The van der Waals surface area contributed by atoms with Crippen molar-refractivity contribution in [2.75, 3.05) is 31.1 Å². The van der Waals surface area contributed by atoms with Gasteiger partial charge in [-0.3, -0.25) is 9.59 Å². The van der Waals surface area contributed by atoms with E-state index in [2.05, 4.69) is 46.4 Å². The van der Waals surface area contributed by atoms with Crippen LogP contribution in [0.1, 0.15) is 18.4 Å². The van der Waals surface area contributed by atoms with Gasteiger partial charge < -0.3 is 15.5 Å². The molecule has 0 saturated carbocycles. The molecule has 0 aliphatic carbocycles. The van der Waals surface area contributed by atoms with E-state index in [1.807, 2.05) is 0 Å². The van der Waals surface area contributed by atoms with Crippen LogP contribution < -0.4 is 15.5 Å². The standard InChI is InChI=1S/C17H23N3O2/c1-2-10-18-16(21)17(22)19-11-9-14-5-7-15(8-6-14)20-12-3-4-13-20/h2,5-8H,1,3-4,9-13H2,(H,18,21)(H,19,22). The number of hydrogen-bond acceptors (Lipinski definition) is 3. The van der Waals surface area contributed by atoms with E-state index < -0.39 is 11.8 Å². The summed E-state index contributed by atoms with van der Waals surface area (Å²) in [6, 6.07) is 8.41. The zero-order chi connectivity index (χ0) is 15.8. The summed E-state index contributed by atoms with van der Waals surface area (Å²) in [5, 5.41) is 5.06. The maximum atomic E-state index is 11.5. The average molecular weight is 301 g/mol. The first-order valence-corrected chi connectivity index (χ1v) is 7.71. The summed E-state index contributed by atoms with van der Waals surface area (Å²) in [6.45, 7) is 6.49. The van der Waals surface area contributed by atoms with E-state index in [1.165, 1.54) is 24.6 Å². The summed E-state index contributed by atoms with van der Waals surface area (Å²) >= 11 is 0. The van der Waals surface area contributed by atoms with Gasteiger partial charge in [-0.2, -0.15) is 0 Å². The predicted molar refractivity (Wildman–Crippen MR) is 87.8 cm³/mol. The van der Waals surface area contributed by atoms with Gasteiger partial charge in [-0.25, -0.2) is 0 Å². The number of hydrogen-bond donors (Lipinski definition) is 2. The van der Waals surface area contributed by atoms with Crippen LogP contribution in [0.4, 0.5) is 5.69 Å². The Morgan fingerprint density at radius 2 is 1.73 bits per heavy atom. The fourth-order valence-corrected chi connectivity index (χ4v) is 2.49. The monoisotopic (exact) mass is 301 g/mol. The molecular formula is C17H23N3O2. The van der Waals surface area contributed by atoms with E-state index in [0.29, 0.717) is 19.5 Å². The molecule has 1 aliphatic heterocycles. The van der Waals surface area contributed by atoms with Crippen molar-refractivity contribution in [1.29, 1.82) is 0 Å². The second kappa shape index (κ2) is 8.22. The number of anilines is 1. The first-order chi connectivity index (χ1) is 10.7. The molecule has 1 aromatic rings. The van der Waals surface area contributed by atoms with Gasteiger partial charge in [0.25, 0.3) is 0 Å². The van der Waals surface area contributed by atoms with Gasteiger partial charge in [0.15, 0.2) is 0 Å². The van der Waals surface area contributed by atoms with Gasteiger partial charge in [-0.15, -0.1) is 6.58 Å². The van der Waals surface area contributed by atoms with Crippen LogP contribution in [0.25, 0.3) is 0 Å². The van der Waals surface area contributed by atoms with Crippen molar-refractivity contribution in [2.45, 2.75) is 19.3 Å². The molecular weight excluding hydrogens is 278 g/mol. The van der Waals surface area contributed by atoms with Crippen molar-refractivity contribution in [3.05, 3.63) is 42.5 Å². The van der Waals surface area contributed by atoms with E-state index in [9.17, 15) is 9.59 Å². The summed E-state index contributed by atoms with van der Waals surface area (Å²) in [6.07, 6.45) is 4.78. The van der Waals surface area contributed by atoms with Gasteiger partial charge in [0.1, 0.15) is 0 Å². The lowest BCUT2D eigenvalue weighted by atomic mass is 10.1. The Morgan fingerprint density at radius 3 is 2.36 bits per heavy atom. The first-order valence-electron chi connectivity index (χ1n) is 7.71. The average Bonchev–Trinajstić information content (AvgIpc) is 3.07. The van der Waals surface area contributed by atoms with Crippen molar-refractivity contribution in [2.24, 2.45) is 0 Å². The molecule has 1 heterocycles. The Bertz CT molecular complexity index is 519. The fourth-order valence-electron chi connectivity index (χ4n) is 2.49. The molecule has 0 spiro atoms. The third-order valence-corrected chi connectivity index (χ3v) is 3.72. The normalized spacial score (nSPS) is 13.7. The number of rotatable bonds is 6. The minimum Gasteiger partial charge on any atom is -0.372 e. The lowest BCUT2D eigenvalue weighted by Gasteiger charge is -2.17. The molecule has 1 aliphatic rings. The highest BCUT2D eigenvalue weighted by atomic mass is 16.2. The second-order valence-corrected chi connectivity index (χ2v) is 5.37. The molecule has 1 fully saturated rings. The van der Waals surface area contributed by atoms with Gasteiger partial charge in [-0.05, 0) is 37.0 Å².